The third-order valence-electron chi connectivity index (χ3n) is 3.22. The van der Waals surface area contributed by atoms with E-state index in [-0.39, 0.29) is 19.0 Å². The monoisotopic (exact) mass is 301 g/mol. The van der Waals surface area contributed by atoms with Crippen LogP contribution in [0.4, 0.5) is 5.82 Å². The molecule has 2 heterocycles. The summed E-state index contributed by atoms with van der Waals surface area (Å²) in [4.78, 5) is 15.5. The van der Waals surface area contributed by atoms with Crippen LogP contribution in [-0.4, -0.2) is 65.0 Å². The number of ether oxygens (including phenoxy) is 3. The molecular formula is C12H19N3O6. The first-order valence-electron chi connectivity index (χ1n) is 6.48. The number of nitrogens with zero attached hydrogens (tertiary/aromatic N) is 2. The summed E-state index contributed by atoms with van der Waals surface area (Å²) < 4.78 is 17.0. The zero-order valence-electron chi connectivity index (χ0n) is 11.6. The number of hydrogen-bond donors (Lipinski definition) is 3. The number of methoxy groups -OCH3 is 1. The number of nitrogen functional groups attached to an aromatic ring is 1. The Kier molecular flexibility index (Phi) is 5.26. The Morgan fingerprint density at radius 3 is 2.90 bits per heavy atom. The van der Waals surface area contributed by atoms with Gasteiger partial charge in [-0.25, -0.2) is 4.79 Å². The van der Waals surface area contributed by atoms with E-state index in [2.05, 4.69) is 4.98 Å². The number of rotatable bonds is 6. The molecule has 1 aromatic rings. The van der Waals surface area contributed by atoms with Gasteiger partial charge in [0.15, 0.2) is 6.23 Å². The molecule has 9 nitrogen and oxygen atoms in total. The molecule has 0 radical (unpaired) electrons. The van der Waals surface area contributed by atoms with Crippen LogP contribution in [0.25, 0.3) is 0 Å². The van der Waals surface area contributed by atoms with Crippen molar-refractivity contribution in [2.75, 3.05) is 32.7 Å². The van der Waals surface area contributed by atoms with Gasteiger partial charge in [-0.05, 0) is 6.07 Å². The molecule has 4 N–H and O–H groups in total. The first-order chi connectivity index (χ1) is 10.1. The zero-order chi connectivity index (χ0) is 15.4. The molecule has 4 atom stereocenters. The number of hydrogen-bond acceptors (Lipinski definition) is 8. The molecule has 0 aromatic carbocycles. The summed E-state index contributed by atoms with van der Waals surface area (Å²) in [5, 5.41) is 19.3. The Hall–Kier alpha value is -1.52. The van der Waals surface area contributed by atoms with Crippen molar-refractivity contribution in [3.05, 3.63) is 22.7 Å². The molecule has 0 bridgehead atoms. The molecule has 0 saturated carbocycles. The van der Waals surface area contributed by atoms with E-state index >= 15 is 0 Å². The van der Waals surface area contributed by atoms with Crippen LogP contribution >= 0.6 is 0 Å². The maximum Gasteiger partial charge on any atom is 0.351 e. The van der Waals surface area contributed by atoms with Crippen molar-refractivity contribution in [1.29, 1.82) is 0 Å². The lowest BCUT2D eigenvalue weighted by Gasteiger charge is -2.22. The summed E-state index contributed by atoms with van der Waals surface area (Å²) in [6.45, 7) is 0.154. The Balaban J connectivity index is 2.23. The maximum absolute atomic E-state index is 11.9. The molecule has 1 fully saturated rings. The smallest absolute Gasteiger partial charge is 0.351 e. The Morgan fingerprint density at radius 1 is 1.52 bits per heavy atom. The van der Waals surface area contributed by atoms with E-state index < -0.39 is 30.2 Å². The second-order valence-electron chi connectivity index (χ2n) is 4.61. The van der Waals surface area contributed by atoms with Gasteiger partial charge in [0.05, 0.1) is 19.8 Å². The highest BCUT2D eigenvalue weighted by molar-refractivity contribution is 5.23. The van der Waals surface area contributed by atoms with Crippen molar-refractivity contribution in [2.24, 2.45) is 0 Å². The lowest BCUT2D eigenvalue weighted by atomic mass is 10.1. The van der Waals surface area contributed by atoms with E-state index in [1.54, 1.807) is 0 Å². The number of aromatic nitrogens is 2. The first kappa shape index (κ1) is 15.9. The molecule has 0 aliphatic carbocycles. The second-order valence-corrected chi connectivity index (χ2v) is 4.61. The van der Waals surface area contributed by atoms with Crippen LogP contribution in [0.15, 0.2) is 17.1 Å². The first-order valence-corrected chi connectivity index (χ1v) is 6.48. The van der Waals surface area contributed by atoms with Crippen LogP contribution in [0.3, 0.4) is 0 Å². The highest BCUT2D eigenvalue weighted by atomic mass is 16.6. The fourth-order valence-electron chi connectivity index (χ4n) is 2.16. The minimum atomic E-state index is -1.07. The van der Waals surface area contributed by atoms with Gasteiger partial charge in [0, 0.05) is 13.3 Å². The molecule has 1 aliphatic rings. The number of anilines is 1. The summed E-state index contributed by atoms with van der Waals surface area (Å²) >= 11 is 0. The minimum Gasteiger partial charge on any atom is -0.394 e. The van der Waals surface area contributed by atoms with Crippen molar-refractivity contribution >= 4 is 5.82 Å². The topological polar surface area (TPSA) is 129 Å². The highest BCUT2D eigenvalue weighted by Crippen LogP contribution is 2.30. The van der Waals surface area contributed by atoms with Crippen LogP contribution in [0.1, 0.15) is 6.23 Å². The van der Waals surface area contributed by atoms with Gasteiger partial charge in [0.1, 0.15) is 24.1 Å². The van der Waals surface area contributed by atoms with E-state index in [1.807, 2.05) is 0 Å². The highest BCUT2D eigenvalue weighted by Gasteiger charge is 2.45. The van der Waals surface area contributed by atoms with E-state index in [9.17, 15) is 15.0 Å². The third kappa shape index (κ3) is 3.39. The lowest BCUT2D eigenvalue weighted by molar-refractivity contribution is -0.0818. The van der Waals surface area contributed by atoms with E-state index in [4.69, 9.17) is 19.9 Å². The van der Waals surface area contributed by atoms with Crippen LogP contribution in [0.2, 0.25) is 0 Å². The van der Waals surface area contributed by atoms with Crippen LogP contribution < -0.4 is 11.4 Å². The number of aliphatic hydroxyl groups is 2. The van der Waals surface area contributed by atoms with E-state index in [1.165, 1.54) is 23.9 Å². The molecule has 118 valence electrons. The minimum absolute atomic E-state index is 0.0883. The predicted molar refractivity (Wildman–Crippen MR) is 71.5 cm³/mol. The fraction of sp³-hybridized carbons (Fsp3) is 0.667. The van der Waals surface area contributed by atoms with Gasteiger partial charge < -0.3 is 30.2 Å². The largest absolute Gasteiger partial charge is 0.394 e. The molecule has 1 aliphatic heterocycles. The molecule has 21 heavy (non-hydrogen) atoms. The van der Waals surface area contributed by atoms with Gasteiger partial charge in [-0.15, -0.1) is 0 Å². The molecule has 9 heteroatoms. The van der Waals surface area contributed by atoms with Gasteiger partial charge in [0.2, 0.25) is 0 Å². The summed E-state index contributed by atoms with van der Waals surface area (Å²) in [5.41, 5.74) is 4.82. The van der Waals surface area contributed by atoms with Crippen molar-refractivity contribution in [2.45, 2.75) is 24.5 Å². The van der Waals surface area contributed by atoms with Crippen LogP contribution in [0, 0.1) is 0 Å². The molecule has 0 amide bonds. The predicted octanol–water partition coefficient (Wildman–Crippen LogP) is -1.89. The average Bonchev–Trinajstić information content (AvgIpc) is 2.76. The van der Waals surface area contributed by atoms with E-state index in [0.29, 0.717) is 6.61 Å². The Labute approximate surface area is 120 Å². The molecular weight excluding hydrogens is 282 g/mol. The van der Waals surface area contributed by atoms with Gasteiger partial charge >= 0.3 is 5.69 Å². The average molecular weight is 301 g/mol. The third-order valence-corrected chi connectivity index (χ3v) is 3.22. The van der Waals surface area contributed by atoms with Crippen molar-refractivity contribution in [3.63, 3.8) is 0 Å². The molecule has 1 unspecified atom stereocenters. The SMILES string of the molecule is COCCO[C@@H]1C(O)[C@@H](CO)O[C@H]1n1ccc(N)nc1=O. The van der Waals surface area contributed by atoms with Crippen molar-refractivity contribution < 1.29 is 24.4 Å². The number of aliphatic hydroxyl groups excluding tert-OH is 2. The standard InChI is InChI=1S/C12H19N3O6/c1-19-4-5-20-10-9(17)7(6-16)21-11(10)15-3-2-8(13)14-12(15)18/h2-3,7,9-11,16-17H,4-6H2,1H3,(H2,13,14,18)/t7-,9?,10-,11-/m1/s1. The van der Waals surface area contributed by atoms with Crippen molar-refractivity contribution in [3.8, 4) is 0 Å². The van der Waals surface area contributed by atoms with Crippen LogP contribution in [0.5, 0.6) is 0 Å². The second kappa shape index (κ2) is 6.96. The van der Waals surface area contributed by atoms with Crippen LogP contribution in [-0.2, 0) is 14.2 Å². The van der Waals surface area contributed by atoms with Gasteiger partial charge in [-0.3, -0.25) is 4.57 Å². The fourth-order valence-corrected chi connectivity index (χ4v) is 2.16. The molecule has 1 saturated heterocycles. The molecule has 1 aromatic heterocycles. The summed E-state index contributed by atoms with van der Waals surface area (Å²) in [7, 11) is 1.52. The number of nitrogens with two attached hydrogens (primary N) is 1. The van der Waals surface area contributed by atoms with Gasteiger partial charge in [-0.1, -0.05) is 0 Å². The molecule has 2 rings (SSSR count). The van der Waals surface area contributed by atoms with Gasteiger partial charge in [0.25, 0.3) is 0 Å². The summed E-state index contributed by atoms with van der Waals surface area (Å²) in [6, 6.07) is 1.44. The summed E-state index contributed by atoms with van der Waals surface area (Å²) in [5.74, 6) is 0.0883. The Bertz CT molecular complexity index is 522. The lowest BCUT2D eigenvalue weighted by Crippen LogP contribution is -2.38. The normalized spacial score (nSPS) is 28.9. The zero-order valence-corrected chi connectivity index (χ0v) is 11.6. The quantitative estimate of drug-likeness (QED) is 0.520. The van der Waals surface area contributed by atoms with E-state index in [0.717, 1.165) is 0 Å². The molecule has 0 spiro atoms. The van der Waals surface area contributed by atoms with Gasteiger partial charge in [-0.2, -0.15) is 4.98 Å². The Morgan fingerprint density at radius 2 is 2.29 bits per heavy atom. The summed E-state index contributed by atoms with van der Waals surface area (Å²) in [6.07, 6.45) is -2.21. The van der Waals surface area contributed by atoms with Crippen molar-refractivity contribution in [1.82, 2.24) is 9.55 Å². The maximum atomic E-state index is 11.9.